The SMILES string of the molecule is CC(C)N1CCN2c3ncc(N4CC5CCCC5C4)cc3N(C)C(=O)C2C1. The van der Waals surface area contributed by atoms with Crippen molar-refractivity contribution >= 4 is 23.1 Å². The molecule has 27 heavy (non-hydrogen) atoms. The number of hydrogen-bond acceptors (Lipinski definition) is 5. The van der Waals surface area contributed by atoms with Crippen molar-refractivity contribution in [1.82, 2.24) is 9.88 Å². The Balaban J connectivity index is 1.43. The molecule has 0 bridgehead atoms. The van der Waals surface area contributed by atoms with Gasteiger partial charge in [-0.1, -0.05) is 6.42 Å². The number of nitrogens with zero attached hydrogens (tertiary/aromatic N) is 5. The number of likely N-dealkylation sites (N-methyl/N-ethyl adjacent to an activating group) is 1. The second-order valence-corrected chi connectivity index (χ2v) is 9.09. The summed E-state index contributed by atoms with van der Waals surface area (Å²) in [6.07, 6.45) is 6.18. The molecule has 2 saturated heterocycles. The van der Waals surface area contributed by atoms with Crippen molar-refractivity contribution in [3.8, 4) is 0 Å². The lowest BCUT2D eigenvalue weighted by Crippen LogP contribution is -2.63. The van der Waals surface area contributed by atoms with E-state index in [9.17, 15) is 4.79 Å². The summed E-state index contributed by atoms with van der Waals surface area (Å²) in [5, 5.41) is 0. The first kappa shape index (κ1) is 17.3. The van der Waals surface area contributed by atoms with Crippen LogP contribution in [0, 0.1) is 11.8 Å². The highest BCUT2D eigenvalue weighted by Crippen LogP contribution is 2.42. The van der Waals surface area contributed by atoms with Crippen LogP contribution in [0.25, 0.3) is 0 Å². The van der Waals surface area contributed by atoms with Crippen molar-refractivity contribution < 1.29 is 4.79 Å². The van der Waals surface area contributed by atoms with Crippen LogP contribution in [0.5, 0.6) is 0 Å². The molecule has 1 saturated carbocycles. The smallest absolute Gasteiger partial charge is 0.250 e. The first-order valence-corrected chi connectivity index (χ1v) is 10.6. The van der Waals surface area contributed by atoms with E-state index in [1.54, 1.807) is 0 Å². The van der Waals surface area contributed by atoms with Crippen molar-refractivity contribution in [2.75, 3.05) is 54.5 Å². The number of carbonyl (C=O) groups is 1. The Labute approximate surface area is 162 Å². The normalized spacial score (nSPS) is 30.7. The van der Waals surface area contributed by atoms with Gasteiger partial charge >= 0.3 is 0 Å². The van der Waals surface area contributed by atoms with Gasteiger partial charge in [0.05, 0.1) is 17.6 Å². The van der Waals surface area contributed by atoms with E-state index in [0.717, 1.165) is 56.1 Å². The van der Waals surface area contributed by atoms with Crippen LogP contribution in [-0.2, 0) is 4.79 Å². The minimum Gasteiger partial charge on any atom is -0.370 e. The minimum absolute atomic E-state index is 0.108. The van der Waals surface area contributed by atoms with Crippen LogP contribution in [0.2, 0.25) is 0 Å². The van der Waals surface area contributed by atoms with Gasteiger partial charge in [0, 0.05) is 45.8 Å². The highest BCUT2D eigenvalue weighted by atomic mass is 16.2. The average molecular weight is 370 g/mol. The number of rotatable bonds is 2. The molecular weight excluding hydrogens is 338 g/mol. The summed E-state index contributed by atoms with van der Waals surface area (Å²) in [6, 6.07) is 2.56. The number of aromatic nitrogens is 1. The van der Waals surface area contributed by atoms with Crippen molar-refractivity contribution in [1.29, 1.82) is 0 Å². The molecule has 4 aliphatic rings. The van der Waals surface area contributed by atoms with Crippen molar-refractivity contribution in [3.05, 3.63) is 12.3 Å². The highest BCUT2D eigenvalue weighted by Gasteiger charge is 2.42. The molecule has 1 aliphatic carbocycles. The molecule has 1 aromatic rings. The van der Waals surface area contributed by atoms with Gasteiger partial charge in [-0.3, -0.25) is 9.69 Å². The molecule has 6 heteroatoms. The molecule has 0 aromatic carbocycles. The summed E-state index contributed by atoms with van der Waals surface area (Å²) in [5.41, 5.74) is 2.16. The van der Waals surface area contributed by atoms with Crippen molar-refractivity contribution in [2.24, 2.45) is 11.8 Å². The Kier molecular flexibility index (Phi) is 4.08. The number of carbonyl (C=O) groups excluding carboxylic acids is 1. The summed E-state index contributed by atoms with van der Waals surface area (Å²) in [5.74, 6) is 2.89. The fraction of sp³-hybridized carbons (Fsp3) is 0.714. The fourth-order valence-corrected chi connectivity index (χ4v) is 5.60. The molecule has 3 fully saturated rings. The van der Waals surface area contributed by atoms with Gasteiger partial charge in [0.2, 0.25) is 0 Å². The van der Waals surface area contributed by atoms with Crippen LogP contribution in [-0.4, -0.2) is 67.6 Å². The lowest BCUT2D eigenvalue weighted by molar-refractivity contribution is -0.121. The summed E-state index contributed by atoms with van der Waals surface area (Å²) >= 11 is 0. The van der Waals surface area contributed by atoms with E-state index in [-0.39, 0.29) is 11.9 Å². The topological polar surface area (TPSA) is 42.9 Å². The first-order valence-electron chi connectivity index (χ1n) is 10.6. The van der Waals surface area contributed by atoms with E-state index >= 15 is 0 Å². The average Bonchev–Trinajstić information content (AvgIpc) is 3.27. The van der Waals surface area contributed by atoms with Gasteiger partial charge in [-0.15, -0.1) is 0 Å². The Morgan fingerprint density at radius 2 is 1.85 bits per heavy atom. The molecule has 6 nitrogen and oxygen atoms in total. The maximum atomic E-state index is 13.1. The zero-order chi connectivity index (χ0) is 18.7. The predicted molar refractivity (Wildman–Crippen MR) is 109 cm³/mol. The maximum absolute atomic E-state index is 13.1. The van der Waals surface area contributed by atoms with Gasteiger partial charge in [0.15, 0.2) is 5.82 Å². The van der Waals surface area contributed by atoms with Crippen LogP contribution in [0.4, 0.5) is 17.2 Å². The summed E-state index contributed by atoms with van der Waals surface area (Å²) in [7, 11) is 1.91. The molecule has 1 aromatic heterocycles. The summed E-state index contributed by atoms with van der Waals surface area (Å²) < 4.78 is 0. The second-order valence-electron chi connectivity index (χ2n) is 9.09. The Hall–Kier alpha value is -1.82. The van der Waals surface area contributed by atoms with Crippen molar-refractivity contribution in [2.45, 2.75) is 45.2 Å². The lowest BCUT2D eigenvalue weighted by atomic mass is 10.0. The zero-order valence-corrected chi connectivity index (χ0v) is 16.8. The molecule has 0 N–H and O–H groups in total. The van der Waals surface area contributed by atoms with Crippen LogP contribution in [0.1, 0.15) is 33.1 Å². The Bertz CT molecular complexity index is 738. The molecule has 1 amide bonds. The van der Waals surface area contributed by atoms with Gasteiger partial charge < -0.3 is 14.7 Å². The van der Waals surface area contributed by atoms with Crippen LogP contribution >= 0.6 is 0 Å². The zero-order valence-electron chi connectivity index (χ0n) is 16.8. The molecular formula is C21H31N5O. The minimum atomic E-state index is -0.108. The van der Waals surface area contributed by atoms with Crippen molar-refractivity contribution in [3.63, 3.8) is 0 Å². The molecule has 5 rings (SSSR count). The molecule has 146 valence electrons. The second kappa shape index (κ2) is 6.36. The van der Waals surface area contributed by atoms with Gasteiger partial charge in [-0.25, -0.2) is 4.98 Å². The van der Waals surface area contributed by atoms with Gasteiger partial charge in [-0.2, -0.15) is 0 Å². The fourth-order valence-electron chi connectivity index (χ4n) is 5.60. The van der Waals surface area contributed by atoms with E-state index in [1.807, 2.05) is 18.1 Å². The highest BCUT2D eigenvalue weighted by molar-refractivity contribution is 6.05. The first-order chi connectivity index (χ1) is 13.0. The molecule has 3 unspecified atom stereocenters. The van der Waals surface area contributed by atoms with Gasteiger partial charge in [-0.05, 0) is 44.6 Å². The summed E-state index contributed by atoms with van der Waals surface area (Å²) in [6.45, 7) is 9.36. The third-order valence-corrected chi connectivity index (χ3v) is 7.32. The Morgan fingerprint density at radius 3 is 2.56 bits per heavy atom. The third-order valence-electron chi connectivity index (χ3n) is 7.32. The quantitative estimate of drug-likeness (QED) is 0.800. The number of pyridine rings is 1. The van der Waals surface area contributed by atoms with E-state index < -0.39 is 0 Å². The molecule has 3 aliphatic heterocycles. The van der Waals surface area contributed by atoms with Crippen LogP contribution in [0.3, 0.4) is 0 Å². The molecule has 0 spiro atoms. The number of hydrogen-bond donors (Lipinski definition) is 0. The van der Waals surface area contributed by atoms with Gasteiger partial charge in [0.25, 0.3) is 5.91 Å². The standard InChI is InChI=1S/C21H31N5O/c1-14(2)24-7-8-26-19(13-24)21(27)23(3)18-9-17(10-22-20(18)26)25-11-15-5-4-6-16(15)12-25/h9-10,14-16,19H,4-8,11-13H2,1-3H3. The third kappa shape index (κ3) is 2.72. The van der Waals surface area contributed by atoms with Gasteiger partial charge in [0.1, 0.15) is 6.04 Å². The molecule has 4 heterocycles. The molecule has 0 radical (unpaired) electrons. The molecule has 3 atom stereocenters. The largest absolute Gasteiger partial charge is 0.370 e. The van der Waals surface area contributed by atoms with E-state index in [0.29, 0.717) is 6.04 Å². The van der Waals surface area contributed by atoms with E-state index in [2.05, 4.69) is 34.6 Å². The lowest BCUT2D eigenvalue weighted by Gasteiger charge is -2.47. The number of anilines is 3. The van der Waals surface area contributed by atoms with E-state index in [1.165, 1.54) is 24.9 Å². The monoisotopic (exact) mass is 369 g/mol. The number of amides is 1. The number of fused-ring (bicyclic) bond motifs is 4. The van der Waals surface area contributed by atoms with Crippen LogP contribution in [0.15, 0.2) is 12.3 Å². The maximum Gasteiger partial charge on any atom is 0.250 e. The Morgan fingerprint density at radius 1 is 1.11 bits per heavy atom. The summed E-state index contributed by atoms with van der Waals surface area (Å²) in [4.78, 5) is 26.9. The number of piperazine rings is 1. The van der Waals surface area contributed by atoms with E-state index in [4.69, 9.17) is 4.98 Å². The predicted octanol–water partition coefficient (Wildman–Crippen LogP) is 2.19. The van der Waals surface area contributed by atoms with Crippen LogP contribution < -0.4 is 14.7 Å².